The topological polar surface area (TPSA) is 72.5 Å². The van der Waals surface area contributed by atoms with Crippen LogP contribution in [0, 0.1) is 6.92 Å². The van der Waals surface area contributed by atoms with Gasteiger partial charge >= 0.3 is 0 Å². The molecule has 1 N–H and O–H groups in total. The third-order valence-corrected chi connectivity index (χ3v) is 4.82. The largest absolute Gasteiger partial charge is 0.348 e. The summed E-state index contributed by atoms with van der Waals surface area (Å²) in [5.74, 6) is 1.12. The number of benzene rings is 1. The molecule has 1 saturated heterocycles. The first kappa shape index (κ1) is 18.4. The highest BCUT2D eigenvalue weighted by Crippen LogP contribution is 2.15. The number of carbonyl (C=O) groups is 2. The van der Waals surface area contributed by atoms with Crippen molar-refractivity contribution in [2.45, 2.75) is 19.8 Å². The highest BCUT2D eigenvalue weighted by atomic mass is 16.2. The second kappa shape index (κ2) is 7.86. The van der Waals surface area contributed by atoms with Gasteiger partial charge in [0.25, 0.3) is 0 Å². The van der Waals surface area contributed by atoms with E-state index in [1.807, 2.05) is 30.0 Å². The number of aromatic amines is 1. The predicted octanol–water partition coefficient (Wildman–Crippen LogP) is 1.04. The van der Waals surface area contributed by atoms with Gasteiger partial charge in [-0.25, -0.2) is 4.98 Å². The molecule has 1 aromatic carbocycles. The molecular formula is C19H27N5O2. The van der Waals surface area contributed by atoms with Crippen LogP contribution in [0.2, 0.25) is 0 Å². The van der Waals surface area contributed by atoms with Crippen molar-refractivity contribution in [3.8, 4) is 0 Å². The van der Waals surface area contributed by atoms with Crippen LogP contribution in [0.5, 0.6) is 0 Å². The van der Waals surface area contributed by atoms with Crippen molar-refractivity contribution >= 4 is 22.8 Å². The van der Waals surface area contributed by atoms with Gasteiger partial charge in [-0.2, -0.15) is 0 Å². The molecule has 0 spiro atoms. The highest BCUT2D eigenvalue weighted by Gasteiger charge is 2.21. The van der Waals surface area contributed by atoms with Crippen molar-refractivity contribution < 1.29 is 9.59 Å². The zero-order chi connectivity index (χ0) is 18.7. The van der Waals surface area contributed by atoms with Gasteiger partial charge in [0, 0.05) is 40.3 Å². The number of imidazole rings is 1. The Labute approximate surface area is 154 Å². The van der Waals surface area contributed by atoms with E-state index >= 15 is 0 Å². The summed E-state index contributed by atoms with van der Waals surface area (Å²) in [5, 5.41) is 0. The van der Waals surface area contributed by atoms with Gasteiger partial charge in [0.2, 0.25) is 11.8 Å². The number of hydrogen-bond donors (Lipinski definition) is 1. The fourth-order valence-corrected chi connectivity index (χ4v) is 3.29. The molecule has 2 heterocycles. The lowest BCUT2D eigenvalue weighted by Gasteiger charge is -2.22. The Morgan fingerprint density at radius 2 is 2.00 bits per heavy atom. The minimum Gasteiger partial charge on any atom is -0.348 e. The van der Waals surface area contributed by atoms with Crippen LogP contribution in [0.25, 0.3) is 11.0 Å². The molecule has 0 aliphatic carbocycles. The van der Waals surface area contributed by atoms with E-state index in [2.05, 4.69) is 14.9 Å². The second-order valence-electron chi connectivity index (χ2n) is 7.15. The van der Waals surface area contributed by atoms with Crippen molar-refractivity contribution in [3.05, 3.63) is 29.6 Å². The average molecular weight is 357 g/mol. The minimum atomic E-state index is 0.105. The monoisotopic (exact) mass is 357 g/mol. The number of hydrogen-bond acceptors (Lipinski definition) is 4. The van der Waals surface area contributed by atoms with Crippen molar-refractivity contribution in [3.63, 3.8) is 0 Å². The highest BCUT2D eigenvalue weighted by molar-refractivity contribution is 5.82. The second-order valence-corrected chi connectivity index (χ2v) is 7.15. The number of aryl methyl sites for hydroxylation is 1. The Morgan fingerprint density at radius 1 is 1.19 bits per heavy atom. The van der Waals surface area contributed by atoms with Crippen molar-refractivity contribution in [1.82, 2.24) is 24.7 Å². The summed E-state index contributed by atoms with van der Waals surface area (Å²) in [4.78, 5) is 37.9. The van der Waals surface area contributed by atoms with Crippen molar-refractivity contribution in [2.75, 3.05) is 46.8 Å². The lowest BCUT2D eigenvalue weighted by atomic mass is 10.1. The molecule has 140 valence electrons. The number of aromatic nitrogens is 2. The quantitative estimate of drug-likeness (QED) is 0.887. The summed E-state index contributed by atoms with van der Waals surface area (Å²) >= 11 is 0. The van der Waals surface area contributed by atoms with E-state index in [0.717, 1.165) is 48.5 Å². The maximum absolute atomic E-state index is 12.7. The number of rotatable bonds is 4. The van der Waals surface area contributed by atoms with Crippen LogP contribution in [0.1, 0.15) is 17.8 Å². The number of fused-ring (bicyclic) bond motifs is 1. The summed E-state index contributed by atoms with van der Waals surface area (Å²) in [6.07, 6.45) is 1.29. The molecule has 1 fully saturated rings. The number of nitrogens with zero attached hydrogens (tertiary/aromatic N) is 4. The average Bonchev–Trinajstić information content (AvgIpc) is 2.80. The molecule has 7 nitrogen and oxygen atoms in total. The van der Waals surface area contributed by atoms with Gasteiger partial charge in [0.15, 0.2) is 0 Å². The number of amides is 2. The molecule has 1 aliphatic heterocycles. The normalized spacial score (nSPS) is 15.9. The molecule has 0 radical (unpaired) electrons. The van der Waals surface area contributed by atoms with Crippen molar-refractivity contribution in [1.29, 1.82) is 0 Å². The Hall–Kier alpha value is -2.41. The Kier molecular flexibility index (Phi) is 5.56. The molecule has 1 aliphatic rings. The van der Waals surface area contributed by atoms with Gasteiger partial charge in [-0.3, -0.25) is 14.5 Å². The standard InChI is InChI=1S/C19H27N5O2/c1-14-20-16-6-5-15(11-17(16)21-14)12-18(25)24-8-4-7-23(9-10-24)13-19(26)22(2)3/h5-6,11H,4,7-10,12-13H2,1-3H3,(H,20,21). The van der Waals surface area contributed by atoms with E-state index < -0.39 is 0 Å². The van der Waals surface area contributed by atoms with Crippen LogP contribution in [-0.2, 0) is 16.0 Å². The SMILES string of the molecule is Cc1nc2ccc(CC(=O)N3CCCN(CC(=O)N(C)C)CC3)cc2[nH]1. The number of carbonyl (C=O) groups excluding carboxylic acids is 2. The van der Waals surface area contributed by atoms with E-state index in [1.165, 1.54) is 0 Å². The van der Waals surface area contributed by atoms with E-state index in [9.17, 15) is 9.59 Å². The minimum absolute atomic E-state index is 0.105. The van der Waals surface area contributed by atoms with Gasteiger partial charge in [0.1, 0.15) is 5.82 Å². The van der Waals surface area contributed by atoms with Gasteiger partial charge in [-0.1, -0.05) is 6.07 Å². The fourth-order valence-electron chi connectivity index (χ4n) is 3.29. The summed E-state index contributed by atoms with van der Waals surface area (Å²) in [6.45, 7) is 5.36. The lowest BCUT2D eigenvalue weighted by molar-refractivity contribution is -0.130. The fraction of sp³-hybridized carbons (Fsp3) is 0.526. The zero-order valence-corrected chi connectivity index (χ0v) is 15.8. The first-order valence-corrected chi connectivity index (χ1v) is 9.08. The first-order valence-electron chi connectivity index (χ1n) is 9.08. The maximum atomic E-state index is 12.7. The molecule has 0 saturated carbocycles. The molecule has 1 aromatic heterocycles. The van der Waals surface area contributed by atoms with Gasteiger partial charge in [0.05, 0.1) is 24.0 Å². The Balaban J connectivity index is 1.58. The van der Waals surface area contributed by atoms with Crippen molar-refractivity contribution in [2.24, 2.45) is 0 Å². The van der Waals surface area contributed by atoms with Crippen LogP contribution in [0.4, 0.5) is 0 Å². The van der Waals surface area contributed by atoms with Crippen LogP contribution < -0.4 is 0 Å². The molecule has 26 heavy (non-hydrogen) atoms. The molecule has 3 rings (SSSR count). The summed E-state index contributed by atoms with van der Waals surface area (Å²) in [6, 6.07) is 5.94. The van der Waals surface area contributed by atoms with E-state index in [0.29, 0.717) is 19.5 Å². The van der Waals surface area contributed by atoms with Crippen LogP contribution in [0.15, 0.2) is 18.2 Å². The molecule has 2 aromatic rings. The third kappa shape index (κ3) is 4.40. The number of H-pyrrole nitrogens is 1. The predicted molar refractivity (Wildman–Crippen MR) is 101 cm³/mol. The van der Waals surface area contributed by atoms with E-state index in [4.69, 9.17) is 0 Å². The third-order valence-electron chi connectivity index (χ3n) is 4.82. The summed E-state index contributed by atoms with van der Waals surface area (Å²) in [7, 11) is 3.54. The lowest BCUT2D eigenvalue weighted by Crippen LogP contribution is -2.39. The van der Waals surface area contributed by atoms with Gasteiger partial charge in [-0.15, -0.1) is 0 Å². The molecule has 0 unspecified atom stereocenters. The maximum Gasteiger partial charge on any atom is 0.236 e. The Bertz CT molecular complexity index is 798. The van der Waals surface area contributed by atoms with E-state index in [1.54, 1.807) is 19.0 Å². The zero-order valence-electron chi connectivity index (χ0n) is 15.8. The van der Waals surface area contributed by atoms with Crippen LogP contribution in [0.3, 0.4) is 0 Å². The summed E-state index contributed by atoms with van der Waals surface area (Å²) in [5.41, 5.74) is 2.89. The van der Waals surface area contributed by atoms with Crippen LogP contribution >= 0.6 is 0 Å². The molecule has 0 atom stereocenters. The molecule has 7 heteroatoms. The molecular weight excluding hydrogens is 330 g/mol. The summed E-state index contributed by atoms with van der Waals surface area (Å²) < 4.78 is 0. The van der Waals surface area contributed by atoms with E-state index in [-0.39, 0.29) is 11.8 Å². The smallest absolute Gasteiger partial charge is 0.236 e. The van der Waals surface area contributed by atoms with Gasteiger partial charge in [-0.05, 0) is 31.0 Å². The Morgan fingerprint density at radius 3 is 2.77 bits per heavy atom. The molecule has 0 bridgehead atoms. The van der Waals surface area contributed by atoms with Crippen LogP contribution in [-0.4, -0.2) is 83.3 Å². The number of nitrogens with one attached hydrogen (secondary N) is 1. The molecule has 2 amide bonds. The first-order chi connectivity index (χ1) is 12.4. The van der Waals surface area contributed by atoms with Gasteiger partial charge < -0.3 is 14.8 Å². The number of likely N-dealkylation sites (N-methyl/N-ethyl adjacent to an activating group) is 1.